The fraction of sp³-hybridized carbons (Fsp3) is 1.00. The van der Waals surface area contributed by atoms with Gasteiger partial charge in [-0.15, -0.1) is 0 Å². The van der Waals surface area contributed by atoms with Crippen molar-refractivity contribution in [3.8, 4) is 0 Å². The molecule has 102 valence electrons. The molecule has 0 aromatic heterocycles. The lowest BCUT2D eigenvalue weighted by atomic mass is 9.85. The van der Waals surface area contributed by atoms with Crippen LogP contribution in [0.1, 0.15) is 59.3 Å². The maximum absolute atomic E-state index is 3.37. The molecule has 2 heteroatoms. The van der Waals surface area contributed by atoms with E-state index in [-0.39, 0.29) is 0 Å². The molecule has 2 nitrogen and oxygen atoms in total. The van der Waals surface area contributed by atoms with Crippen molar-refractivity contribution in [1.82, 2.24) is 10.2 Å². The third kappa shape index (κ3) is 4.59. The summed E-state index contributed by atoms with van der Waals surface area (Å²) in [4.78, 5) is 2.77. The van der Waals surface area contributed by atoms with Gasteiger partial charge in [0.1, 0.15) is 0 Å². The zero-order valence-electron chi connectivity index (χ0n) is 12.4. The van der Waals surface area contributed by atoms with E-state index in [1.807, 2.05) is 0 Å². The maximum atomic E-state index is 3.37. The van der Waals surface area contributed by atoms with Gasteiger partial charge in [0.2, 0.25) is 0 Å². The van der Waals surface area contributed by atoms with E-state index in [0.29, 0.717) is 5.41 Å². The van der Waals surface area contributed by atoms with E-state index in [2.05, 4.69) is 38.0 Å². The molecule has 2 atom stereocenters. The second-order valence-corrected chi connectivity index (χ2v) is 6.10. The minimum atomic E-state index is 0.443. The highest BCUT2D eigenvalue weighted by Gasteiger charge is 2.29. The van der Waals surface area contributed by atoms with Crippen molar-refractivity contribution in [3.63, 3.8) is 0 Å². The van der Waals surface area contributed by atoms with Gasteiger partial charge in [-0.1, -0.05) is 33.6 Å². The Balaban J connectivity index is 2.55. The van der Waals surface area contributed by atoms with Crippen molar-refractivity contribution in [1.29, 1.82) is 0 Å². The molecule has 1 N–H and O–H groups in total. The number of nitrogens with zero attached hydrogens (tertiary/aromatic N) is 1. The van der Waals surface area contributed by atoms with Crippen LogP contribution < -0.4 is 5.32 Å². The Morgan fingerprint density at radius 1 is 1.29 bits per heavy atom. The van der Waals surface area contributed by atoms with Crippen LogP contribution in [0, 0.1) is 5.41 Å². The summed E-state index contributed by atoms with van der Waals surface area (Å²) in [6.45, 7) is 10.8. The van der Waals surface area contributed by atoms with E-state index in [0.717, 1.165) is 12.6 Å². The molecule has 0 spiro atoms. The first-order valence-electron chi connectivity index (χ1n) is 7.54. The topological polar surface area (TPSA) is 15.3 Å². The van der Waals surface area contributed by atoms with Gasteiger partial charge in [-0.05, 0) is 44.7 Å². The lowest BCUT2D eigenvalue weighted by molar-refractivity contribution is 0.0807. The monoisotopic (exact) mass is 240 g/mol. The fourth-order valence-electron chi connectivity index (χ4n) is 3.14. The number of hydrogen-bond donors (Lipinski definition) is 1. The summed E-state index contributed by atoms with van der Waals surface area (Å²) in [6.07, 6.45) is 8.25. The first-order valence-corrected chi connectivity index (χ1v) is 7.54. The Bertz CT molecular complexity index is 203. The molecule has 1 aliphatic heterocycles. The minimum absolute atomic E-state index is 0.443. The summed E-state index contributed by atoms with van der Waals surface area (Å²) < 4.78 is 0. The molecule has 0 saturated carbocycles. The molecule has 1 heterocycles. The van der Waals surface area contributed by atoms with E-state index in [4.69, 9.17) is 0 Å². The molecule has 0 aromatic carbocycles. The summed E-state index contributed by atoms with van der Waals surface area (Å²) in [5, 5.41) is 3.37. The smallest absolute Gasteiger partial charge is 0.00954 e. The molecule has 0 bridgehead atoms. The summed E-state index contributed by atoms with van der Waals surface area (Å²) in [7, 11) is 2.08. The third-order valence-corrected chi connectivity index (χ3v) is 4.41. The summed E-state index contributed by atoms with van der Waals surface area (Å²) in [6, 6.07) is 0.858. The first-order chi connectivity index (χ1) is 8.15. The Hall–Kier alpha value is -0.0800. The molecule has 0 amide bonds. The fourth-order valence-corrected chi connectivity index (χ4v) is 3.14. The lowest BCUT2D eigenvalue weighted by Gasteiger charge is -2.42. The molecule has 1 rings (SSSR count). The molecule has 1 saturated heterocycles. The molecular formula is C15H32N2. The van der Waals surface area contributed by atoms with E-state index < -0.39 is 0 Å². The van der Waals surface area contributed by atoms with Gasteiger partial charge < -0.3 is 5.32 Å². The van der Waals surface area contributed by atoms with Crippen molar-refractivity contribution in [3.05, 3.63) is 0 Å². The van der Waals surface area contributed by atoms with E-state index in [1.165, 1.54) is 51.6 Å². The molecule has 1 aliphatic rings. The largest absolute Gasteiger partial charge is 0.319 e. The Labute approximate surface area is 108 Å². The van der Waals surface area contributed by atoms with Gasteiger partial charge in [0.05, 0.1) is 0 Å². The SMILES string of the molecule is CCCC1CCCCN1CC(C)(CC)CNC. The van der Waals surface area contributed by atoms with Gasteiger partial charge in [-0.25, -0.2) is 0 Å². The second-order valence-electron chi connectivity index (χ2n) is 6.10. The zero-order chi connectivity index (χ0) is 12.7. The standard InChI is InChI=1S/C15H32N2/c1-5-9-14-10-7-8-11-17(14)13-15(3,6-2)12-16-4/h14,16H,5-13H2,1-4H3. The van der Waals surface area contributed by atoms with Crippen molar-refractivity contribution in [2.75, 3.05) is 26.7 Å². The van der Waals surface area contributed by atoms with Gasteiger partial charge in [0.15, 0.2) is 0 Å². The first kappa shape index (κ1) is 15.0. The van der Waals surface area contributed by atoms with Crippen molar-refractivity contribution < 1.29 is 0 Å². The van der Waals surface area contributed by atoms with Gasteiger partial charge in [-0.3, -0.25) is 4.90 Å². The predicted octanol–water partition coefficient (Wildman–Crippen LogP) is 3.28. The van der Waals surface area contributed by atoms with Crippen LogP contribution >= 0.6 is 0 Å². The molecular weight excluding hydrogens is 208 g/mol. The van der Waals surface area contributed by atoms with Gasteiger partial charge in [0.25, 0.3) is 0 Å². The number of hydrogen-bond acceptors (Lipinski definition) is 2. The van der Waals surface area contributed by atoms with Gasteiger partial charge >= 0.3 is 0 Å². The Morgan fingerprint density at radius 3 is 2.65 bits per heavy atom. The van der Waals surface area contributed by atoms with Crippen LogP contribution in [0.5, 0.6) is 0 Å². The third-order valence-electron chi connectivity index (χ3n) is 4.41. The molecule has 0 radical (unpaired) electrons. The summed E-state index contributed by atoms with van der Waals surface area (Å²) in [5.74, 6) is 0. The lowest BCUT2D eigenvalue weighted by Crippen LogP contribution is -2.47. The van der Waals surface area contributed by atoms with Crippen LogP contribution in [0.4, 0.5) is 0 Å². The van der Waals surface area contributed by atoms with Crippen molar-refractivity contribution >= 4 is 0 Å². The van der Waals surface area contributed by atoms with Crippen molar-refractivity contribution in [2.24, 2.45) is 5.41 Å². The highest BCUT2D eigenvalue weighted by molar-refractivity contribution is 4.84. The highest BCUT2D eigenvalue weighted by Crippen LogP contribution is 2.28. The van der Waals surface area contributed by atoms with Gasteiger partial charge in [0, 0.05) is 19.1 Å². The zero-order valence-corrected chi connectivity index (χ0v) is 12.4. The van der Waals surface area contributed by atoms with Gasteiger partial charge in [-0.2, -0.15) is 0 Å². The molecule has 2 unspecified atom stereocenters. The Morgan fingerprint density at radius 2 is 2.06 bits per heavy atom. The van der Waals surface area contributed by atoms with Crippen LogP contribution in [0.3, 0.4) is 0 Å². The van der Waals surface area contributed by atoms with Crippen LogP contribution in [0.25, 0.3) is 0 Å². The highest BCUT2D eigenvalue weighted by atomic mass is 15.2. The van der Waals surface area contributed by atoms with E-state index in [1.54, 1.807) is 0 Å². The summed E-state index contributed by atoms with van der Waals surface area (Å²) >= 11 is 0. The van der Waals surface area contributed by atoms with E-state index >= 15 is 0 Å². The van der Waals surface area contributed by atoms with Crippen LogP contribution in [-0.4, -0.2) is 37.6 Å². The molecule has 1 fully saturated rings. The maximum Gasteiger partial charge on any atom is 0.00954 e. The average Bonchev–Trinajstić information content (AvgIpc) is 2.32. The molecule has 17 heavy (non-hydrogen) atoms. The number of nitrogens with one attached hydrogen (secondary N) is 1. The number of rotatable bonds is 7. The van der Waals surface area contributed by atoms with Crippen molar-refractivity contribution in [2.45, 2.75) is 65.3 Å². The summed E-state index contributed by atoms with van der Waals surface area (Å²) in [5.41, 5.74) is 0.443. The Kier molecular flexibility index (Phi) is 6.50. The quantitative estimate of drug-likeness (QED) is 0.735. The molecule has 0 aromatic rings. The normalized spacial score (nSPS) is 25.8. The second kappa shape index (κ2) is 7.38. The minimum Gasteiger partial charge on any atom is -0.319 e. The molecule has 0 aliphatic carbocycles. The number of piperidine rings is 1. The van der Waals surface area contributed by atoms with E-state index in [9.17, 15) is 0 Å². The number of likely N-dealkylation sites (tertiary alicyclic amines) is 1. The average molecular weight is 240 g/mol. The van der Waals surface area contributed by atoms with Crippen LogP contribution in [-0.2, 0) is 0 Å². The van der Waals surface area contributed by atoms with Crippen LogP contribution in [0.2, 0.25) is 0 Å². The predicted molar refractivity (Wildman–Crippen MR) is 76.4 cm³/mol. The van der Waals surface area contributed by atoms with Crippen LogP contribution in [0.15, 0.2) is 0 Å².